The van der Waals surface area contributed by atoms with Crippen LogP contribution in [0.5, 0.6) is 0 Å². The summed E-state index contributed by atoms with van der Waals surface area (Å²) >= 11 is 0. The number of rotatable bonds is 2. The Hall–Kier alpha value is -1.35. The van der Waals surface area contributed by atoms with Crippen LogP contribution in [-0.4, -0.2) is 34.6 Å². The zero-order valence-electron chi connectivity index (χ0n) is 12.0. The summed E-state index contributed by atoms with van der Waals surface area (Å²) in [5, 5.41) is 8.90. The molecule has 0 spiro atoms. The standard InChI is InChI=1S/C16H23NO2/c1-16(2,3)17-10-8-13(9-11-17)12-4-6-14(7-5-12)15(18)19/h4-7,13H,8-11H2,1-3H3,(H,18,19). The Morgan fingerprint density at radius 3 is 2.11 bits per heavy atom. The molecule has 1 fully saturated rings. The van der Waals surface area contributed by atoms with Gasteiger partial charge in [0.2, 0.25) is 0 Å². The lowest BCUT2D eigenvalue weighted by atomic mass is 9.87. The SMILES string of the molecule is CC(C)(C)N1CCC(c2ccc(C(=O)O)cc2)CC1. The zero-order valence-corrected chi connectivity index (χ0v) is 12.0. The number of hydrogen-bond acceptors (Lipinski definition) is 2. The normalized spacial score (nSPS) is 18.5. The minimum atomic E-state index is -0.853. The molecular formula is C16H23NO2. The number of likely N-dealkylation sites (tertiary alicyclic amines) is 1. The fourth-order valence-corrected chi connectivity index (χ4v) is 2.78. The first-order valence-electron chi connectivity index (χ1n) is 6.96. The van der Waals surface area contributed by atoms with Crippen LogP contribution < -0.4 is 0 Å². The van der Waals surface area contributed by atoms with Crippen molar-refractivity contribution < 1.29 is 9.90 Å². The molecule has 19 heavy (non-hydrogen) atoms. The first kappa shape index (κ1) is 14.1. The van der Waals surface area contributed by atoms with Gasteiger partial charge in [0.05, 0.1) is 5.56 Å². The maximum Gasteiger partial charge on any atom is 0.335 e. The van der Waals surface area contributed by atoms with E-state index >= 15 is 0 Å². The van der Waals surface area contributed by atoms with Gasteiger partial charge in [-0.2, -0.15) is 0 Å². The van der Waals surface area contributed by atoms with Crippen molar-refractivity contribution in [1.82, 2.24) is 4.90 Å². The molecule has 1 aromatic carbocycles. The van der Waals surface area contributed by atoms with Crippen LogP contribution in [0.4, 0.5) is 0 Å². The molecular weight excluding hydrogens is 238 g/mol. The van der Waals surface area contributed by atoms with E-state index in [0.29, 0.717) is 11.5 Å². The van der Waals surface area contributed by atoms with E-state index in [2.05, 4.69) is 25.7 Å². The van der Waals surface area contributed by atoms with E-state index in [4.69, 9.17) is 5.11 Å². The van der Waals surface area contributed by atoms with E-state index < -0.39 is 5.97 Å². The minimum absolute atomic E-state index is 0.248. The van der Waals surface area contributed by atoms with Crippen molar-refractivity contribution in [3.05, 3.63) is 35.4 Å². The fraction of sp³-hybridized carbons (Fsp3) is 0.562. The molecule has 0 amide bonds. The molecule has 1 saturated heterocycles. The largest absolute Gasteiger partial charge is 0.478 e. The van der Waals surface area contributed by atoms with Crippen molar-refractivity contribution in [1.29, 1.82) is 0 Å². The van der Waals surface area contributed by atoms with Crippen LogP contribution in [0.25, 0.3) is 0 Å². The molecule has 0 saturated carbocycles. The van der Waals surface area contributed by atoms with Gasteiger partial charge >= 0.3 is 5.97 Å². The minimum Gasteiger partial charge on any atom is -0.478 e. The molecule has 1 aliphatic rings. The van der Waals surface area contributed by atoms with Crippen LogP contribution in [0.15, 0.2) is 24.3 Å². The fourth-order valence-electron chi connectivity index (χ4n) is 2.78. The highest BCUT2D eigenvalue weighted by Gasteiger charge is 2.27. The van der Waals surface area contributed by atoms with Gasteiger partial charge in [-0.15, -0.1) is 0 Å². The summed E-state index contributed by atoms with van der Waals surface area (Å²) in [5.41, 5.74) is 1.90. The van der Waals surface area contributed by atoms with Crippen molar-refractivity contribution in [2.45, 2.75) is 45.1 Å². The molecule has 0 unspecified atom stereocenters. The van der Waals surface area contributed by atoms with Gasteiger partial charge in [-0.1, -0.05) is 12.1 Å². The van der Waals surface area contributed by atoms with Crippen molar-refractivity contribution >= 4 is 5.97 Å². The second kappa shape index (κ2) is 5.33. The molecule has 0 radical (unpaired) electrons. The molecule has 1 N–H and O–H groups in total. The van der Waals surface area contributed by atoms with Gasteiger partial charge in [0.15, 0.2) is 0 Å². The van der Waals surface area contributed by atoms with Gasteiger partial charge in [0.25, 0.3) is 0 Å². The Labute approximate surface area is 115 Å². The van der Waals surface area contributed by atoms with Crippen LogP contribution in [0.1, 0.15) is 55.5 Å². The highest BCUT2D eigenvalue weighted by molar-refractivity contribution is 5.87. The van der Waals surface area contributed by atoms with Crippen LogP contribution in [0.2, 0.25) is 0 Å². The lowest BCUT2D eigenvalue weighted by Crippen LogP contribution is -2.45. The van der Waals surface area contributed by atoms with Gasteiger partial charge in [0, 0.05) is 5.54 Å². The van der Waals surface area contributed by atoms with E-state index in [1.54, 1.807) is 12.1 Å². The molecule has 1 aromatic rings. The Morgan fingerprint density at radius 1 is 1.16 bits per heavy atom. The molecule has 104 valence electrons. The van der Waals surface area contributed by atoms with Crippen molar-refractivity contribution in [3.63, 3.8) is 0 Å². The summed E-state index contributed by atoms with van der Waals surface area (Å²) in [7, 11) is 0. The van der Waals surface area contributed by atoms with Gasteiger partial charge in [-0.05, 0) is 70.3 Å². The van der Waals surface area contributed by atoms with E-state index in [9.17, 15) is 4.79 Å². The van der Waals surface area contributed by atoms with Gasteiger partial charge < -0.3 is 5.11 Å². The molecule has 3 heteroatoms. The number of aromatic carboxylic acids is 1. The van der Waals surface area contributed by atoms with Crippen LogP contribution in [0, 0.1) is 0 Å². The predicted molar refractivity (Wildman–Crippen MR) is 76.7 cm³/mol. The third kappa shape index (κ3) is 3.35. The summed E-state index contributed by atoms with van der Waals surface area (Å²) in [6, 6.07) is 7.38. The monoisotopic (exact) mass is 261 g/mol. The van der Waals surface area contributed by atoms with E-state index in [-0.39, 0.29) is 5.54 Å². The van der Waals surface area contributed by atoms with E-state index in [1.165, 1.54) is 5.56 Å². The van der Waals surface area contributed by atoms with Crippen LogP contribution in [-0.2, 0) is 0 Å². The van der Waals surface area contributed by atoms with Crippen LogP contribution >= 0.6 is 0 Å². The predicted octanol–water partition coefficient (Wildman–Crippen LogP) is 3.36. The van der Waals surface area contributed by atoms with Gasteiger partial charge in [-0.3, -0.25) is 4.90 Å². The Kier molecular flexibility index (Phi) is 3.95. The average molecular weight is 261 g/mol. The number of nitrogens with zero attached hydrogens (tertiary/aromatic N) is 1. The molecule has 0 aromatic heterocycles. The summed E-state index contributed by atoms with van der Waals surface area (Å²) < 4.78 is 0. The molecule has 0 bridgehead atoms. The third-order valence-corrected chi connectivity index (χ3v) is 4.07. The first-order chi connectivity index (χ1) is 8.88. The molecule has 3 nitrogen and oxygen atoms in total. The summed E-state index contributed by atoms with van der Waals surface area (Å²) in [6.07, 6.45) is 2.31. The van der Waals surface area contributed by atoms with Gasteiger partial charge in [-0.25, -0.2) is 4.79 Å². The van der Waals surface area contributed by atoms with Crippen molar-refractivity contribution in [2.24, 2.45) is 0 Å². The highest BCUT2D eigenvalue weighted by Crippen LogP contribution is 2.31. The van der Waals surface area contributed by atoms with Gasteiger partial charge in [0.1, 0.15) is 0 Å². The first-order valence-corrected chi connectivity index (χ1v) is 6.96. The third-order valence-electron chi connectivity index (χ3n) is 4.07. The van der Waals surface area contributed by atoms with Crippen molar-refractivity contribution in [3.8, 4) is 0 Å². The summed E-state index contributed by atoms with van der Waals surface area (Å²) in [4.78, 5) is 13.4. The Balaban J connectivity index is 2.00. The number of carbonyl (C=O) groups is 1. The Bertz CT molecular complexity index is 437. The molecule has 1 aliphatic heterocycles. The molecule has 0 atom stereocenters. The van der Waals surface area contributed by atoms with Crippen LogP contribution in [0.3, 0.4) is 0 Å². The Morgan fingerprint density at radius 2 is 1.68 bits per heavy atom. The summed E-state index contributed by atoms with van der Waals surface area (Å²) in [5.74, 6) is -0.282. The second-order valence-electron chi connectivity index (χ2n) is 6.36. The summed E-state index contributed by atoms with van der Waals surface area (Å²) in [6.45, 7) is 9.02. The number of carboxylic acids is 1. The molecule has 0 aliphatic carbocycles. The van der Waals surface area contributed by atoms with E-state index in [0.717, 1.165) is 25.9 Å². The number of benzene rings is 1. The second-order valence-corrected chi connectivity index (χ2v) is 6.36. The maximum absolute atomic E-state index is 10.8. The van der Waals surface area contributed by atoms with Crippen molar-refractivity contribution in [2.75, 3.05) is 13.1 Å². The highest BCUT2D eigenvalue weighted by atomic mass is 16.4. The number of hydrogen-bond donors (Lipinski definition) is 1. The zero-order chi connectivity index (χ0) is 14.0. The van der Waals surface area contributed by atoms with E-state index in [1.807, 2.05) is 12.1 Å². The number of piperidine rings is 1. The quantitative estimate of drug-likeness (QED) is 0.887. The smallest absolute Gasteiger partial charge is 0.335 e. The lowest BCUT2D eigenvalue weighted by Gasteiger charge is -2.41. The molecule has 2 rings (SSSR count). The lowest BCUT2D eigenvalue weighted by molar-refractivity contribution is 0.0696. The maximum atomic E-state index is 10.8. The average Bonchev–Trinajstić information content (AvgIpc) is 2.38. The topological polar surface area (TPSA) is 40.5 Å². The molecule has 1 heterocycles. The number of carboxylic acid groups (broad SMARTS) is 1.